The van der Waals surface area contributed by atoms with Crippen LogP contribution in [-0.4, -0.2) is 55.9 Å². The Morgan fingerprint density at radius 3 is 2.42 bits per heavy atom. The lowest BCUT2D eigenvalue weighted by molar-refractivity contribution is -0.187. The van der Waals surface area contributed by atoms with E-state index >= 15 is 0 Å². The summed E-state index contributed by atoms with van der Waals surface area (Å²) in [5.41, 5.74) is 0.509. The molecule has 1 saturated heterocycles. The zero-order valence-electron chi connectivity index (χ0n) is 14.0. The van der Waals surface area contributed by atoms with Crippen molar-refractivity contribution in [2.45, 2.75) is 25.6 Å². The number of rotatable bonds is 5. The van der Waals surface area contributed by atoms with Crippen LogP contribution in [0.2, 0.25) is 0 Å². The van der Waals surface area contributed by atoms with Crippen LogP contribution in [0.15, 0.2) is 28.7 Å². The van der Waals surface area contributed by atoms with Gasteiger partial charge in [0.25, 0.3) is 10.2 Å². The minimum Gasteiger partial charge on any atom is -0.332 e. The monoisotopic (exact) mass is 457 g/mol. The molecule has 0 radical (unpaired) electrons. The second kappa shape index (κ2) is 8.24. The number of hydrogen-bond donors (Lipinski definition) is 1. The Morgan fingerprint density at radius 1 is 1.27 bits per heavy atom. The van der Waals surface area contributed by atoms with Crippen LogP contribution in [0.5, 0.6) is 0 Å². The summed E-state index contributed by atoms with van der Waals surface area (Å²) in [6, 6.07) is 5.68. The molecule has 1 unspecified atom stereocenters. The van der Waals surface area contributed by atoms with Crippen molar-refractivity contribution in [3.05, 3.63) is 34.3 Å². The smallest absolute Gasteiger partial charge is 0.332 e. The van der Waals surface area contributed by atoms with Crippen molar-refractivity contribution in [2.24, 2.45) is 0 Å². The third kappa shape index (κ3) is 4.96. The van der Waals surface area contributed by atoms with Gasteiger partial charge in [-0.1, -0.05) is 35.0 Å². The summed E-state index contributed by atoms with van der Waals surface area (Å²) >= 11 is 3.26. The van der Waals surface area contributed by atoms with Gasteiger partial charge < -0.3 is 4.90 Å². The summed E-state index contributed by atoms with van der Waals surface area (Å²) in [4.78, 5) is 12.2. The van der Waals surface area contributed by atoms with Crippen LogP contribution < -0.4 is 4.72 Å². The topological polar surface area (TPSA) is 69.7 Å². The van der Waals surface area contributed by atoms with Crippen LogP contribution in [0.1, 0.15) is 24.9 Å². The molecule has 1 aromatic rings. The second-order valence-corrected chi connectivity index (χ2v) is 8.45. The number of carbonyl (C=O) groups is 1. The number of hydrogen-bond acceptors (Lipinski definition) is 3. The van der Waals surface area contributed by atoms with Crippen LogP contribution in [-0.2, 0) is 15.0 Å². The van der Waals surface area contributed by atoms with Crippen LogP contribution in [0.4, 0.5) is 13.2 Å². The average molecular weight is 458 g/mol. The first-order valence-electron chi connectivity index (χ1n) is 7.94. The van der Waals surface area contributed by atoms with E-state index in [0.29, 0.717) is 16.9 Å². The lowest BCUT2D eigenvalue weighted by Gasteiger charge is -2.40. The van der Waals surface area contributed by atoms with E-state index in [1.165, 1.54) is 0 Å². The number of carbonyl (C=O) groups excluding carboxylic acids is 1. The molecule has 2 rings (SSSR count). The van der Waals surface area contributed by atoms with Gasteiger partial charge in [-0.3, -0.25) is 4.79 Å². The summed E-state index contributed by atoms with van der Waals surface area (Å²) in [6.07, 6.45) is -4.42. The highest BCUT2D eigenvalue weighted by atomic mass is 79.9. The molecule has 1 atom stereocenters. The molecule has 1 aromatic carbocycles. The highest BCUT2D eigenvalue weighted by molar-refractivity contribution is 9.10. The molecular formula is C15H19BrF3N3O3S. The van der Waals surface area contributed by atoms with Crippen molar-refractivity contribution in [3.8, 4) is 0 Å². The minimum atomic E-state index is -4.99. The molecule has 11 heteroatoms. The molecule has 1 aliphatic heterocycles. The molecule has 1 N–H and O–H groups in total. The predicted molar refractivity (Wildman–Crippen MR) is 93.4 cm³/mol. The fourth-order valence-corrected chi connectivity index (χ4v) is 4.43. The first-order chi connectivity index (χ1) is 12.1. The SMILES string of the molecule is CCCNS(=O)(=O)N1CCN(C(=O)C(F)(F)F)CC1c1ccc(Br)cc1. The second-order valence-electron chi connectivity index (χ2n) is 5.83. The van der Waals surface area contributed by atoms with Gasteiger partial charge in [-0.15, -0.1) is 0 Å². The van der Waals surface area contributed by atoms with Crippen LogP contribution in [0.25, 0.3) is 0 Å². The van der Waals surface area contributed by atoms with Crippen LogP contribution in [0.3, 0.4) is 0 Å². The van der Waals surface area contributed by atoms with E-state index in [9.17, 15) is 26.4 Å². The number of alkyl halides is 3. The standard InChI is InChI=1S/C15H19BrF3N3O3S/c1-2-7-20-26(24,25)22-9-8-21(14(23)15(17,18)19)10-13(22)11-3-5-12(16)6-4-11/h3-6,13,20H,2,7-10H2,1H3. The maximum Gasteiger partial charge on any atom is 0.471 e. The molecule has 1 amide bonds. The molecular weight excluding hydrogens is 439 g/mol. The van der Waals surface area contributed by atoms with Gasteiger partial charge in [0.2, 0.25) is 0 Å². The Morgan fingerprint density at radius 2 is 1.88 bits per heavy atom. The number of piperazine rings is 1. The molecule has 1 heterocycles. The first-order valence-corrected chi connectivity index (χ1v) is 10.2. The minimum absolute atomic E-state index is 0.219. The molecule has 0 spiro atoms. The van der Waals surface area contributed by atoms with E-state index in [0.717, 1.165) is 8.78 Å². The Bertz CT molecular complexity index is 741. The molecule has 146 valence electrons. The number of nitrogens with one attached hydrogen (secondary N) is 1. The summed E-state index contributed by atoms with van der Waals surface area (Å²) in [7, 11) is -3.89. The largest absolute Gasteiger partial charge is 0.471 e. The zero-order valence-corrected chi connectivity index (χ0v) is 16.4. The fourth-order valence-electron chi connectivity index (χ4n) is 2.69. The van der Waals surface area contributed by atoms with Gasteiger partial charge in [-0.2, -0.15) is 25.9 Å². The maximum absolute atomic E-state index is 12.8. The maximum atomic E-state index is 12.8. The Labute approximate surface area is 158 Å². The van der Waals surface area contributed by atoms with Gasteiger partial charge in [-0.05, 0) is 24.1 Å². The van der Waals surface area contributed by atoms with Gasteiger partial charge in [-0.25, -0.2) is 4.72 Å². The van der Waals surface area contributed by atoms with Crippen LogP contribution >= 0.6 is 15.9 Å². The van der Waals surface area contributed by atoms with Crippen molar-refractivity contribution in [3.63, 3.8) is 0 Å². The molecule has 0 bridgehead atoms. The summed E-state index contributed by atoms with van der Waals surface area (Å²) in [6.45, 7) is 1.11. The van der Waals surface area contributed by atoms with E-state index in [4.69, 9.17) is 0 Å². The van der Waals surface area contributed by atoms with Crippen molar-refractivity contribution >= 4 is 32.0 Å². The van der Waals surface area contributed by atoms with E-state index < -0.39 is 28.3 Å². The summed E-state index contributed by atoms with van der Waals surface area (Å²) in [5.74, 6) is -1.96. The summed E-state index contributed by atoms with van der Waals surface area (Å²) < 4.78 is 67.7. The van der Waals surface area contributed by atoms with Gasteiger partial charge in [0, 0.05) is 30.7 Å². The molecule has 0 aliphatic carbocycles. The third-order valence-electron chi connectivity index (χ3n) is 3.96. The average Bonchev–Trinajstić information content (AvgIpc) is 2.58. The zero-order chi connectivity index (χ0) is 19.5. The number of amides is 1. The van der Waals surface area contributed by atoms with Crippen molar-refractivity contribution in [1.82, 2.24) is 13.9 Å². The predicted octanol–water partition coefficient (Wildman–Crippen LogP) is 2.44. The molecule has 1 fully saturated rings. The van der Waals surface area contributed by atoms with Crippen molar-refractivity contribution in [1.29, 1.82) is 0 Å². The van der Waals surface area contributed by atoms with Crippen molar-refractivity contribution in [2.75, 3.05) is 26.2 Å². The molecule has 6 nitrogen and oxygen atoms in total. The summed E-state index contributed by atoms with van der Waals surface area (Å²) in [5, 5.41) is 0. The van der Waals surface area contributed by atoms with Gasteiger partial charge in [0.1, 0.15) is 0 Å². The number of nitrogens with zero attached hydrogens (tertiary/aromatic N) is 2. The van der Waals surface area contributed by atoms with Gasteiger partial charge >= 0.3 is 12.1 Å². The lowest BCUT2D eigenvalue weighted by Crippen LogP contribution is -2.56. The highest BCUT2D eigenvalue weighted by Crippen LogP contribution is 2.30. The Kier molecular flexibility index (Phi) is 6.70. The van der Waals surface area contributed by atoms with E-state index in [2.05, 4.69) is 20.7 Å². The highest BCUT2D eigenvalue weighted by Gasteiger charge is 2.46. The number of halogens is 4. The van der Waals surface area contributed by atoms with E-state index in [1.54, 1.807) is 31.2 Å². The Balaban J connectivity index is 2.34. The van der Waals surface area contributed by atoms with Gasteiger partial charge in [0.15, 0.2) is 0 Å². The fraction of sp³-hybridized carbons (Fsp3) is 0.533. The molecule has 0 aromatic heterocycles. The quantitative estimate of drug-likeness (QED) is 0.737. The normalized spacial score (nSPS) is 19.6. The molecule has 26 heavy (non-hydrogen) atoms. The first kappa shape index (κ1) is 21.1. The van der Waals surface area contributed by atoms with E-state index in [1.807, 2.05) is 0 Å². The van der Waals surface area contributed by atoms with Gasteiger partial charge in [0.05, 0.1) is 6.04 Å². The third-order valence-corrected chi connectivity index (χ3v) is 6.11. The van der Waals surface area contributed by atoms with E-state index in [-0.39, 0.29) is 26.2 Å². The molecule has 1 aliphatic rings. The molecule has 0 saturated carbocycles. The van der Waals surface area contributed by atoms with Crippen molar-refractivity contribution < 1.29 is 26.4 Å². The van der Waals surface area contributed by atoms with Crippen LogP contribution in [0, 0.1) is 0 Å². The Hall–Kier alpha value is -1.17. The lowest BCUT2D eigenvalue weighted by atomic mass is 10.0. The number of benzene rings is 1.